The first kappa shape index (κ1) is 14.9. The molecule has 1 amide bonds. The lowest BCUT2D eigenvalue weighted by atomic mass is 9.96. The van der Waals surface area contributed by atoms with Crippen LogP contribution in [-0.2, 0) is 11.2 Å². The van der Waals surface area contributed by atoms with Gasteiger partial charge < -0.3 is 15.1 Å². The number of carbonyl (C=O) groups excluding carboxylic acids is 1. The third-order valence-corrected chi connectivity index (χ3v) is 3.86. The fourth-order valence-corrected chi connectivity index (χ4v) is 2.50. The summed E-state index contributed by atoms with van der Waals surface area (Å²) in [6, 6.07) is 6.25. The van der Waals surface area contributed by atoms with Gasteiger partial charge in [-0.15, -0.1) is 0 Å². The average molecular weight is 281 g/mol. The van der Waals surface area contributed by atoms with E-state index in [1.54, 1.807) is 23.1 Å². The van der Waals surface area contributed by atoms with E-state index in [2.05, 4.69) is 0 Å². The molecule has 0 aromatic heterocycles. The van der Waals surface area contributed by atoms with Gasteiger partial charge in [0.1, 0.15) is 5.82 Å². The summed E-state index contributed by atoms with van der Waals surface area (Å²) in [6.45, 7) is 0.641. The Morgan fingerprint density at radius 1 is 1.30 bits per heavy atom. The van der Waals surface area contributed by atoms with Crippen LogP contribution in [0.3, 0.4) is 0 Å². The molecule has 1 aliphatic rings. The standard InChI is InChI=1S/C15H20FNO3/c16-13-5-2-1-4-12(13)10-14(19)17-8-3-6-15(20,11-18)7-9-17/h1-2,4-5,18,20H,3,6-11H2/t15-/m1/s1. The van der Waals surface area contributed by atoms with Gasteiger partial charge in [-0.2, -0.15) is 0 Å². The molecule has 1 aromatic rings. The molecule has 1 heterocycles. The van der Waals surface area contributed by atoms with Gasteiger partial charge in [0.15, 0.2) is 0 Å². The topological polar surface area (TPSA) is 60.8 Å². The summed E-state index contributed by atoms with van der Waals surface area (Å²) in [6.07, 6.45) is 1.50. The van der Waals surface area contributed by atoms with Crippen LogP contribution in [-0.4, -0.2) is 46.3 Å². The zero-order chi connectivity index (χ0) is 14.6. The Hall–Kier alpha value is -1.46. The van der Waals surface area contributed by atoms with E-state index in [9.17, 15) is 14.3 Å². The van der Waals surface area contributed by atoms with Gasteiger partial charge in [-0.1, -0.05) is 18.2 Å². The average Bonchev–Trinajstić information content (AvgIpc) is 2.64. The number of benzene rings is 1. The van der Waals surface area contributed by atoms with Gasteiger partial charge in [-0.25, -0.2) is 4.39 Å². The molecular formula is C15H20FNO3. The van der Waals surface area contributed by atoms with Crippen LogP contribution in [0.15, 0.2) is 24.3 Å². The molecule has 1 fully saturated rings. The predicted octanol–water partition coefficient (Wildman–Crippen LogP) is 1.10. The predicted molar refractivity (Wildman–Crippen MR) is 72.6 cm³/mol. The van der Waals surface area contributed by atoms with Gasteiger partial charge in [0.05, 0.1) is 18.6 Å². The zero-order valence-corrected chi connectivity index (χ0v) is 11.4. The number of halogens is 1. The Kier molecular flexibility index (Phi) is 4.73. The number of carbonyl (C=O) groups is 1. The van der Waals surface area contributed by atoms with Crippen molar-refractivity contribution in [2.24, 2.45) is 0 Å². The molecular weight excluding hydrogens is 261 g/mol. The minimum atomic E-state index is -1.09. The van der Waals surface area contributed by atoms with Crippen LogP contribution in [0.1, 0.15) is 24.8 Å². The molecule has 0 radical (unpaired) electrons. The van der Waals surface area contributed by atoms with Gasteiger partial charge >= 0.3 is 0 Å². The maximum atomic E-state index is 13.5. The van der Waals surface area contributed by atoms with E-state index < -0.39 is 5.60 Å². The van der Waals surface area contributed by atoms with Gasteiger partial charge in [0.2, 0.25) is 5.91 Å². The second-order valence-corrected chi connectivity index (χ2v) is 5.38. The number of nitrogens with zero attached hydrogens (tertiary/aromatic N) is 1. The molecule has 1 atom stereocenters. The number of amides is 1. The molecule has 1 aromatic carbocycles. The molecule has 110 valence electrons. The number of hydrogen-bond donors (Lipinski definition) is 2. The number of likely N-dealkylation sites (tertiary alicyclic amines) is 1. The van der Waals surface area contributed by atoms with Crippen molar-refractivity contribution >= 4 is 5.91 Å². The number of aliphatic hydroxyl groups excluding tert-OH is 1. The second kappa shape index (κ2) is 6.33. The summed E-state index contributed by atoms with van der Waals surface area (Å²) in [5.74, 6) is -0.514. The minimum Gasteiger partial charge on any atom is -0.393 e. The van der Waals surface area contributed by atoms with Crippen molar-refractivity contribution in [1.82, 2.24) is 4.90 Å². The molecule has 0 spiro atoms. The molecule has 20 heavy (non-hydrogen) atoms. The second-order valence-electron chi connectivity index (χ2n) is 5.38. The highest BCUT2D eigenvalue weighted by atomic mass is 19.1. The lowest BCUT2D eigenvalue weighted by Crippen LogP contribution is -2.37. The summed E-state index contributed by atoms with van der Waals surface area (Å²) in [5, 5.41) is 19.2. The van der Waals surface area contributed by atoms with E-state index in [1.807, 2.05) is 0 Å². The zero-order valence-electron chi connectivity index (χ0n) is 11.4. The Labute approximate surface area is 117 Å². The lowest BCUT2D eigenvalue weighted by Gasteiger charge is -2.24. The molecule has 0 unspecified atom stereocenters. The minimum absolute atomic E-state index is 0.0320. The van der Waals surface area contributed by atoms with Crippen molar-refractivity contribution < 1.29 is 19.4 Å². The van der Waals surface area contributed by atoms with Crippen molar-refractivity contribution in [3.8, 4) is 0 Å². The van der Waals surface area contributed by atoms with Crippen LogP contribution in [0, 0.1) is 5.82 Å². The summed E-state index contributed by atoms with van der Waals surface area (Å²) < 4.78 is 13.5. The van der Waals surface area contributed by atoms with Crippen LogP contribution >= 0.6 is 0 Å². The normalized spacial score (nSPS) is 23.4. The third-order valence-electron chi connectivity index (χ3n) is 3.86. The van der Waals surface area contributed by atoms with Gasteiger partial charge in [0.25, 0.3) is 0 Å². The summed E-state index contributed by atoms with van der Waals surface area (Å²) in [4.78, 5) is 13.8. The number of hydrogen-bond acceptors (Lipinski definition) is 3. The highest BCUT2D eigenvalue weighted by Gasteiger charge is 2.30. The Balaban J connectivity index is 1.98. The molecule has 0 saturated carbocycles. The van der Waals surface area contributed by atoms with Gasteiger partial charge in [0, 0.05) is 13.1 Å². The third kappa shape index (κ3) is 3.55. The van der Waals surface area contributed by atoms with E-state index in [1.165, 1.54) is 6.07 Å². The van der Waals surface area contributed by atoms with Crippen LogP contribution in [0.4, 0.5) is 4.39 Å². The quantitative estimate of drug-likeness (QED) is 0.872. The molecule has 2 N–H and O–H groups in total. The molecule has 2 rings (SSSR count). The molecule has 4 nitrogen and oxygen atoms in total. The number of rotatable bonds is 3. The summed E-state index contributed by atoms with van der Waals surface area (Å²) in [5.41, 5.74) is -0.702. The fourth-order valence-electron chi connectivity index (χ4n) is 2.50. The maximum absolute atomic E-state index is 13.5. The van der Waals surface area contributed by atoms with E-state index in [0.29, 0.717) is 37.9 Å². The van der Waals surface area contributed by atoms with Gasteiger partial charge in [-0.05, 0) is 30.9 Å². The Morgan fingerprint density at radius 2 is 2.05 bits per heavy atom. The van der Waals surface area contributed by atoms with Crippen LogP contribution in [0.5, 0.6) is 0 Å². The first-order valence-corrected chi connectivity index (χ1v) is 6.88. The summed E-state index contributed by atoms with van der Waals surface area (Å²) >= 11 is 0. The lowest BCUT2D eigenvalue weighted by molar-refractivity contribution is -0.130. The molecule has 0 bridgehead atoms. The first-order valence-electron chi connectivity index (χ1n) is 6.88. The van der Waals surface area contributed by atoms with Crippen molar-refractivity contribution in [1.29, 1.82) is 0 Å². The first-order chi connectivity index (χ1) is 9.54. The maximum Gasteiger partial charge on any atom is 0.227 e. The van der Waals surface area contributed by atoms with E-state index in [-0.39, 0.29) is 24.8 Å². The van der Waals surface area contributed by atoms with Crippen molar-refractivity contribution in [3.05, 3.63) is 35.6 Å². The molecule has 5 heteroatoms. The van der Waals surface area contributed by atoms with Crippen molar-refractivity contribution in [2.45, 2.75) is 31.3 Å². The SMILES string of the molecule is O=C(Cc1ccccc1F)N1CCC[C@](O)(CO)CC1. The van der Waals surface area contributed by atoms with E-state index in [4.69, 9.17) is 5.11 Å². The highest BCUT2D eigenvalue weighted by molar-refractivity contribution is 5.78. The summed E-state index contributed by atoms with van der Waals surface area (Å²) in [7, 11) is 0. The smallest absolute Gasteiger partial charge is 0.227 e. The molecule has 1 aliphatic heterocycles. The van der Waals surface area contributed by atoms with Crippen LogP contribution in [0.25, 0.3) is 0 Å². The van der Waals surface area contributed by atoms with Crippen LogP contribution < -0.4 is 0 Å². The largest absolute Gasteiger partial charge is 0.393 e. The highest BCUT2D eigenvalue weighted by Crippen LogP contribution is 2.22. The van der Waals surface area contributed by atoms with E-state index >= 15 is 0 Å². The van der Waals surface area contributed by atoms with E-state index in [0.717, 1.165) is 0 Å². The van der Waals surface area contributed by atoms with Gasteiger partial charge in [-0.3, -0.25) is 4.79 Å². The van der Waals surface area contributed by atoms with Crippen molar-refractivity contribution in [3.63, 3.8) is 0 Å². The molecule has 0 aliphatic carbocycles. The fraction of sp³-hybridized carbons (Fsp3) is 0.533. The van der Waals surface area contributed by atoms with Crippen LogP contribution in [0.2, 0.25) is 0 Å². The monoisotopic (exact) mass is 281 g/mol. The number of aliphatic hydroxyl groups is 2. The Bertz CT molecular complexity index is 480. The molecule has 1 saturated heterocycles. The Morgan fingerprint density at radius 3 is 2.75 bits per heavy atom. The van der Waals surface area contributed by atoms with Crippen molar-refractivity contribution in [2.75, 3.05) is 19.7 Å².